The van der Waals surface area contributed by atoms with Crippen molar-refractivity contribution in [2.45, 2.75) is 13.1 Å². The minimum absolute atomic E-state index is 0.0675. The Morgan fingerprint density at radius 2 is 1.79 bits per heavy atom. The Hall–Kier alpha value is -5.23. The zero-order valence-electron chi connectivity index (χ0n) is 21.0. The molecule has 4 aromatic rings. The summed E-state index contributed by atoms with van der Waals surface area (Å²) in [6.07, 6.45) is 2.81. The number of urea groups is 1. The first-order valence-electron chi connectivity index (χ1n) is 12.1. The first-order valence-corrected chi connectivity index (χ1v) is 12.1. The number of fused-ring (bicyclic) bond motifs is 1. The molecular weight excluding hydrogens is 499 g/mol. The molecule has 4 rings (SSSR count). The van der Waals surface area contributed by atoms with Gasteiger partial charge in [0.15, 0.2) is 5.43 Å². The van der Waals surface area contributed by atoms with Gasteiger partial charge in [-0.15, -0.1) is 6.58 Å². The zero-order chi connectivity index (χ0) is 27.8. The third-order valence-corrected chi connectivity index (χ3v) is 5.96. The Balaban J connectivity index is 1.59. The highest BCUT2D eigenvalue weighted by atomic mass is 19.1. The number of anilines is 1. The lowest BCUT2D eigenvalue weighted by atomic mass is 10.1. The summed E-state index contributed by atoms with van der Waals surface area (Å²) in [5.74, 6) is -0.865. The van der Waals surface area contributed by atoms with Gasteiger partial charge in [0, 0.05) is 18.8 Å². The highest BCUT2D eigenvalue weighted by molar-refractivity contribution is 5.92. The molecule has 0 spiro atoms. The number of halogens is 1. The molecule has 8 nitrogen and oxygen atoms in total. The van der Waals surface area contributed by atoms with Crippen molar-refractivity contribution >= 4 is 28.6 Å². The van der Waals surface area contributed by atoms with Gasteiger partial charge in [-0.3, -0.25) is 9.59 Å². The first-order chi connectivity index (χ1) is 18.9. The topological polar surface area (TPSA) is 107 Å². The predicted octanol–water partition coefficient (Wildman–Crippen LogP) is 5.05. The molecule has 0 saturated heterocycles. The summed E-state index contributed by atoms with van der Waals surface area (Å²) < 4.78 is 19.1. The molecule has 196 valence electrons. The van der Waals surface area contributed by atoms with E-state index in [-0.39, 0.29) is 37.2 Å². The second-order valence-corrected chi connectivity index (χ2v) is 8.75. The van der Waals surface area contributed by atoms with E-state index in [4.69, 9.17) is 9.68 Å². The molecule has 39 heavy (non-hydrogen) atoms. The molecule has 3 amide bonds. The van der Waals surface area contributed by atoms with E-state index in [1.807, 2.05) is 6.07 Å². The number of hydrogen-bond donors (Lipinski definition) is 1. The van der Waals surface area contributed by atoms with Crippen molar-refractivity contribution in [3.63, 3.8) is 0 Å². The average molecular weight is 525 g/mol. The van der Waals surface area contributed by atoms with E-state index in [2.05, 4.69) is 11.9 Å². The van der Waals surface area contributed by atoms with E-state index in [0.29, 0.717) is 27.8 Å². The van der Waals surface area contributed by atoms with E-state index >= 15 is 0 Å². The fourth-order valence-electron chi connectivity index (χ4n) is 3.98. The largest absolute Gasteiger partial charge is 0.464 e. The number of hydrogen-bond acceptors (Lipinski definition) is 5. The molecule has 0 unspecified atom stereocenters. The van der Waals surface area contributed by atoms with Gasteiger partial charge >= 0.3 is 6.03 Å². The van der Waals surface area contributed by atoms with E-state index in [0.717, 1.165) is 0 Å². The van der Waals surface area contributed by atoms with E-state index in [1.165, 1.54) is 40.3 Å². The Kier molecular flexibility index (Phi) is 8.49. The maximum atomic E-state index is 13.6. The number of carbonyl (C=O) groups is 2. The summed E-state index contributed by atoms with van der Waals surface area (Å²) in [4.78, 5) is 42.4. The summed E-state index contributed by atoms with van der Waals surface area (Å²) in [7, 11) is 0. The summed E-state index contributed by atoms with van der Waals surface area (Å²) in [6.45, 7) is 3.40. The lowest BCUT2D eigenvalue weighted by Gasteiger charge is -2.27. The van der Waals surface area contributed by atoms with Gasteiger partial charge in [-0.05, 0) is 48.0 Å². The van der Waals surface area contributed by atoms with Crippen LogP contribution in [-0.2, 0) is 17.9 Å². The Morgan fingerprint density at radius 3 is 2.54 bits per heavy atom. The second kappa shape index (κ2) is 12.3. The van der Waals surface area contributed by atoms with Crippen molar-refractivity contribution in [1.29, 1.82) is 5.26 Å². The average Bonchev–Trinajstić information content (AvgIpc) is 2.95. The smallest absolute Gasteiger partial charge is 0.322 e. The van der Waals surface area contributed by atoms with Crippen LogP contribution in [0.2, 0.25) is 0 Å². The summed E-state index contributed by atoms with van der Waals surface area (Å²) in [6, 6.07) is 20.3. The van der Waals surface area contributed by atoms with Crippen LogP contribution in [0.15, 0.2) is 101 Å². The molecule has 1 N–H and O–H groups in total. The normalized spacial score (nSPS) is 10.5. The molecule has 1 aromatic heterocycles. The van der Waals surface area contributed by atoms with Crippen LogP contribution in [0.5, 0.6) is 0 Å². The highest BCUT2D eigenvalue weighted by Crippen LogP contribution is 2.16. The molecule has 0 radical (unpaired) electrons. The molecule has 0 atom stereocenters. The van der Waals surface area contributed by atoms with Crippen molar-refractivity contribution in [3.8, 4) is 6.07 Å². The molecule has 3 aromatic carbocycles. The van der Waals surface area contributed by atoms with Crippen LogP contribution >= 0.6 is 0 Å². The Bertz CT molecular complexity index is 1610. The molecule has 0 aliphatic heterocycles. The van der Waals surface area contributed by atoms with E-state index in [1.54, 1.807) is 54.6 Å². The number of nitriles is 1. The van der Waals surface area contributed by atoms with Crippen molar-refractivity contribution in [2.24, 2.45) is 0 Å². The summed E-state index contributed by atoms with van der Waals surface area (Å²) in [5, 5.41) is 12.2. The van der Waals surface area contributed by atoms with Gasteiger partial charge < -0.3 is 19.5 Å². The zero-order valence-corrected chi connectivity index (χ0v) is 21.0. The van der Waals surface area contributed by atoms with Crippen molar-refractivity contribution < 1.29 is 18.4 Å². The van der Waals surface area contributed by atoms with Gasteiger partial charge in [-0.25, -0.2) is 9.18 Å². The standard InChI is InChI=1S/C30H25FN4O4/c1-2-14-34(30(38)33-25-7-5-6-22(15-25)16-32)19-28(36)35(17-21-10-12-24(31)13-11-21)18-23-20-39-27-9-4-3-8-26(27)29(23)37/h2-13,15,20H,1,14,17-19H2,(H,33,38). The van der Waals surface area contributed by atoms with Crippen LogP contribution in [0.3, 0.4) is 0 Å². The predicted molar refractivity (Wildman–Crippen MR) is 145 cm³/mol. The first kappa shape index (κ1) is 26.8. The molecule has 0 aliphatic rings. The fourth-order valence-corrected chi connectivity index (χ4v) is 3.98. The quantitative estimate of drug-likeness (QED) is 0.308. The molecule has 0 bridgehead atoms. The number of nitrogens with one attached hydrogen (secondary N) is 1. The molecule has 0 saturated carbocycles. The lowest BCUT2D eigenvalue weighted by Crippen LogP contribution is -2.44. The molecule has 0 fully saturated rings. The third-order valence-electron chi connectivity index (χ3n) is 5.96. The van der Waals surface area contributed by atoms with Crippen LogP contribution in [0, 0.1) is 17.1 Å². The number of nitrogens with zero attached hydrogens (tertiary/aromatic N) is 3. The molecule has 1 heterocycles. The maximum absolute atomic E-state index is 13.6. The van der Waals surface area contributed by atoms with Gasteiger partial charge in [0.25, 0.3) is 0 Å². The second-order valence-electron chi connectivity index (χ2n) is 8.75. The van der Waals surface area contributed by atoms with E-state index in [9.17, 15) is 18.8 Å². The van der Waals surface area contributed by atoms with Gasteiger partial charge in [0.1, 0.15) is 17.9 Å². The number of para-hydroxylation sites is 1. The summed E-state index contributed by atoms with van der Waals surface area (Å²) in [5.41, 5.74) is 1.83. The van der Waals surface area contributed by atoms with Gasteiger partial charge in [0.2, 0.25) is 5.91 Å². The minimum Gasteiger partial charge on any atom is -0.464 e. The summed E-state index contributed by atoms with van der Waals surface area (Å²) >= 11 is 0. The van der Waals surface area contributed by atoms with Gasteiger partial charge in [0.05, 0.1) is 35.4 Å². The van der Waals surface area contributed by atoms with Crippen LogP contribution in [0.4, 0.5) is 14.9 Å². The van der Waals surface area contributed by atoms with E-state index < -0.39 is 17.8 Å². The number of carbonyl (C=O) groups excluding carboxylic acids is 2. The molecule has 0 aliphatic carbocycles. The molecular formula is C30H25FN4O4. The lowest BCUT2D eigenvalue weighted by molar-refractivity contribution is -0.133. The SMILES string of the molecule is C=CCN(CC(=O)N(Cc1ccc(F)cc1)Cc1coc2ccccc2c1=O)C(=O)Nc1cccc(C#N)c1. The number of rotatable bonds is 9. The number of amides is 3. The monoisotopic (exact) mass is 524 g/mol. The Morgan fingerprint density at radius 1 is 1.03 bits per heavy atom. The maximum Gasteiger partial charge on any atom is 0.322 e. The highest BCUT2D eigenvalue weighted by Gasteiger charge is 2.23. The van der Waals surface area contributed by atoms with Gasteiger partial charge in [-0.2, -0.15) is 5.26 Å². The molecule has 9 heteroatoms. The minimum atomic E-state index is -0.565. The van der Waals surface area contributed by atoms with Crippen molar-refractivity contribution in [2.75, 3.05) is 18.4 Å². The van der Waals surface area contributed by atoms with Crippen LogP contribution in [0.25, 0.3) is 11.0 Å². The number of benzene rings is 3. The van der Waals surface area contributed by atoms with Crippen molar-refractivity contribution in [3.05, 3.63) is 124 Å². The van der Waals surface area contributed by atoms with Crippen LogP contribution in [0.1, 0.15) is 16.7 Å². The van der Waals surface area contributed by atoms with Gasteiger partial charge in [-0.1, -0.05) is 36.4 Å². The van der Waals surface area contributed by atoms with Crippen LogP contribution in [-0.4, -0.2) is 34.8 Å². The van der Waals surface area contributed by atoms with Crippen LogP contribution < -0.4 is 10.7 Å². The fraction of sp³-hybridized carbons (Fsp3) is 0.133. The third kappa shape index (κ3) is 6.76. The van der Waals surface area contributed by atoms with Crippen molar-refractivity contribution in [1.82, 2.24) is 9.80 Å². The Labute approximate surface area is 224 Å².